The molecule has 0 radical (unpaired) electrons. The van der Waals surface area contributed by atoms with Crippen LogP contribution in [0, 0.1) is 11.3 Å². The number of aliphatic hydroxyl groups is 1. The summed E-state index contributed by atoms with van der Waals surface area (Å²) in [5.41, 5.74) is -0.110. The highest BCUT2D eigenvalue weighted by atomic mass is 79.9. The van der Waals surface area contributed by atoms with E-state index in [1.807, 2.05) is 0 Å². The summed E-state index contributed by atoms with van der Waals surface area (Å²) in [4.78, 5) is 1.29. The van der Waals surface area contributed by atoms with E-state index in [4.69, 9.17) is 0 Å². The van der Waals surface area contributed by atoms with Gasteiger partial charge in [0, 0.05) is 21.2 Å². The third-order valence-electron chi connectivity index (χ3n) is 4.50. The molecule has 0 saturated heterocycles. The molecule has 0 bridgehead atoms. The average Bonchev–Trinajstić information content (AvgIpc) is 2.56. The maximum absolute atomic E-state index is 10.9. The molecular formula is C16H25BrOS. The largest absolute Gasteiger partial charge is 0.390 e. The molecule has 1 N–H and O–H groups in total. The lowest BCUT2D eigenvalue weighted by molar-refractivity contribution is 0.0233. The summed E-state index contributed by atoms with van der Waals surface area (Å²) in [6.07, 6.45) is 6.30. The molecule has 2 atom stereocenters. The minimum absolute atomic E-state index is 0.372. The summed E-state index contributed by atoms with van der Waals surface area (Å²) < 4.78 is 1.14. The summed E-state index contributed by atoms with van der Waals surface area (Å²) >= 11 is 5.24. The Hall–Kier alpha value is 0.140. The van der Waals surface area contributed by atoms with Crippen molar-refractivity contribution in [2.24, 2.45) is 11.3 Å². The number of halogens is 1. The zero-order valence-corrected chi connectivity index (χ0v) is 14.6. The van der Waals surface area contributed by atoms with Gasteiger partial charge in [-0.2, -0.15) is 0 Å². The van der Waals surface area contributed by atoms with Crippen LogP contribution in [0.2, 0.25) is 0 Å². The van der Waals surface area contributed by atoms with Crippen molar-refractivity contribution in [3.63, 3.8) is 0 Å². The van der Waals surface area contributed by atoms with Crippen molar-refractivity contribution >= 4 is 27.3 Å². The van der Waals surface area contributed by atoms with Crippen LogP contribution in [0.3, 0.4) is 0 Å². The van der Waals surface area contributed by atoms with E-state index in [2.05, 4.69) is 48.1 Å². The number of rotatable bonds is 2. The molecule has 1 heterocycles. The van der Waals surface area contributed by atoms with Gasteiger partial charge in [0.15, 0.2) is 0 Å². The second kappa shape index (κ2) is 5.87. The first-order chi connectivity index (χ1) is 8.78. The Kier molecular flexibility index (Phi) is 4.79. The molecule has 19 heavy (non-hydrogen) atoms. The van der Waals surface area contributed by atoms with Crippen molar-refractivity contribution in [2.75, 3.05) is 0 Å². The first kappa shape index (κ1) is 15.5. The van der Waals surface area contributed by atoms with Gasteiger partial charge in [0.05, 0.1) is 5.60 Å². The summed E-state index contributed by atoms with van der Waals surface area (Å²) in [7, 11) is 0. The third-order valence-corrected chi connectivity index (χ3v) is 6.20. The van der Waals surface area contributed by atoms with Crippen LogP contribution in [-0.2, 0) is 6.42 Å². The van der Waals surface area contributed by atoms with E-state index in [9.17, 15) is 5.11 Å². The standard InChI is InChI=1S/C16H25BrOS/c1-15(2,3)12-5-4-7-16(18,8-6-12)10-14-9-13(17)11-19-14/h9,11-12,18H,4-8,10H2,1-3H3. The molecule has 2 unspecified atom stereocenters. The molecule has 1 saturated carbocycles. The van der Waals surface area contributed by atoms with Gasteiger partial charge in [-0.1, -0.05) is 27.2 Å². The molecule has 2 rings (SSSR count). The van der Waals surface area contributed by atoms with Gasteiger partial charge in [-0.25, -0.2) is 0 Å². The van der Waals surface area contributed by atoms with E-state index in [-0.39, 0.29) is 0 Å². The van der Waals surface area contributed by atoms with Crippen LogP contribution in [0.4, 0.5) is 0 Å². The quantitative estimate of drug-likeness (QED) is 0.711. The van der Waals surface area contributed by atoms with E-state index < -0.39 is 5.60 Å². The maximum atomic E-state index is 10.9. The normalized spacial score (nSPS) is 29.2. The topological polar surface area (TPSA) is 20.2 Å². The van der Waals surface area contributed by atoms with Crippen LogP contribution in [0.5, 0.6) is 0 Å². The highest BCUT2D eigenvalue weighted by Gasteiger charge is 2.35. The van der Waals surface area contributed by atoms with E-state index in [0.717, 1.165) is 42.5 Å². The molecule has 1 nitrogen and oxygen atoms in total. The van der Waals surface area contributed by atoms with Crippen LogP contribution in [0.1, 0.15) is 57.8 Å². The molecule has 3 heteroatoms. The Balaban J connectivity index is 2.01. The fourth-order valence-corrected chi connectivity index (χ4v) is 4.79. The Bertz CT molecular complexity index is 421. The van der Waals surface area contributed by atoms with Crippen molar-refractivity contribution < 1.29 is 5.11 Å². The first-order valence-electron chi connectivity index (χ1n) is 7.24. The Labute approximate surface area is 129 Å². The SMILES string of the molecule is CC(C)(C)C1CCCC(O)(Cc2cc(Br)cs2)CC1. The number of thiophene rings is 1. The fourth-order valence-electron chi connectivity index (χ4n) is 3.20. The van der Waals surface area contributed by atoms with E-state index >= 15 is 0 Å². The average molecular weight is 345 g/mol. The van der Waals surface area contributed by atoms with Gasteiger partial charge in [-0.15, -0.1) is 11.3 Å². The zero-order chi connectivity index (χ0) is 14.1. The molecule has 0 spiro atoms. The molecule has 0 amide bonds. The van der Waals surface area contributed by atoms with Crippen molar-refractivity contribution in [2.45, 2.75) is 64.9 Å². The molecule has 1 aliphatic rings. The Morgan fingerprint density at radius 3 is 2.68 bits per heavy atom. The van der Waals surface area contributed by atoms with Crippen molar-refractivity contribution in [1.29, 1.82) is 0 Å². The van der Waals surface area contributed by atoms with Gasteiger partial charge < -0.3 is 5.11 Å². The zero-order valence-electron chi connectivity index (χ0n) is 12.2. The Morgan fingerprint density at radius 1 is 1.37 bits per heavy atom. The fraction of sp³-hybridized carbons (Fsp3) is 0.750. The van der Waals surface area contributed by atoms with Gasteiger partial charge in [0.1, 0.15) is 0 Å². The minimum Gasteiger partial charge on any atom is -0.390 e. The van der Waals surface area contributed by atoms with Crippen LogP contribution in [0.25, 0.3) is 0 Å². The van der Waals surface area contributed by atoms with Crippen LogP contribution in [-0.4, -0.2) is 10.7 Å². The maximum Gasteiger partial charge on any atom is 0.0696 e. The van der Waals surface area contributed by atoms with Gasteiger partial charge in [0.25, 0.3) is 0 Å². The third kappa shape index (κ3) is 4.30. The Morgan fingerprint density at radius 2 is 2.11 bits per heavy atom. The number of hydrogen-bond acceptors (Lipinski definition) is 2. The first-order valence-corrected chi connectivity index (χ1v) is 8.91. The van der Waals surface area contributed by atoms with Gasteiger partial charge in [-0.3, -0.25) is 0 Å². The smallest absolute Gasteiger partial charge is 0.0696 e. The van der Waals surface area contributed by atoms with Gasteiger partial charge >= 0.3 is 0 Å². The summed E-state index contributed by atoms with van der Waals surface area (Å²) in [5.74, 6) is 0.747. The molecule has 1 fully saturated rings. The van der Waals surface area contributed by atoms with Crippen LogP contribution >= 0.6 is 27.3 Å². The second-order valence-corrected chi connectivity index (χ2v) is 9.04. The van der Waals surface area contributed by atoms with Crippen molar-refractivity contribution in [3.05, 3.63) is 20.8 Å². The lowest BCUT2D eigenvalue weighted by Crippen LogP contribution is -2.30. The molecule has 1 aromatic rings. The molecule has 108 valence electrons. The predicted molar refractivity (Wildman–Crippen MR) is 86.7 cm³/mol. The van der Waals surface area contributed by atoms with Crippen LogP contribution < -0.4 is 0 Å². The predicted octanol–water partition coefficient (Wildman–Crippen LogP) is 5.41. The minimum atomic E-state index is -0.482. The van der Waals surface area contributed by atoms with Gasteiger partial charge in [-0.05, 0) is 59.0 Å². The number of hydrogen-bond donors (Lipinski definition) is 1. The molecule has 0 aromatic carbocycles. The van der Waals surface area contributed by atoms with E-state index in [1.165, 1.54) is 11.3 Å². The van der Waals surface area contributed by atoms with Crippen molar-refractivity contribution in [1.82, 2.24) is 0 Å². The van der Waals surface area contributed by atoms with Crippen LogP contribution in [0.15, 0.2) is 15.9 Å². The summed E-state index contributed by atoms with van der Waals surface area (Å²) in [6, 6.07) is 2.15. The summed E-state index contributed by atoms with van der Waals surface area (Å²) in [5, 5.41) is 13.0. The lowest BCUT2D eigenvalue weighted by Gasteiger charge is -2.31. The highest BCUT2D eigenvalue weighted by Crippen LogP contribution is 2.41. The molecule has 0 aliphatic heterocycles. The van der Waals surface area contributed by atoms with Gasteiger partial charge in [0.2, 0.25) is 0 Å². The molecule has 1 aromatic heterocycles. The summed E-state index contributed by atoms with van der Waals surface area (Å²) in [6.45, 7) is 7.00. The molecule has 1 aliphatic carbocycles. The highest BCUT2D eigenvalue weighted by molar-refractivity contribution is 9.10. The van der Waals surface area contributed by atoms with E-state index in [1.54, 1.807) is 11.3 Å². The van der Waals surface area contributed by atoms with E-state index in [0.29, 0.717) is 5.41 Å². The molecular weight excluding hydrogens is 320 g/mol. The lowest BCUT2D eigenvalue weighted by atomic mass is 9.76. The second-order valence-electron chi connectivity index (χ2n) is 7.13. The monoisotopic (exact) mass is 344 g/mol. The van der Waals surface area contributed by atoms with Crippen molar-refractivity contribution in [3.8, 4) is 0 Å².